The number of amides is 1. The molecule has 9 nitrogen and oxygen atoms in total. The number of nitrogens with zero attached hydrogens (tertiary/aromatic N) is 3. The molecule has 0 saturated heterocycles. The summed E-state index contributed by atoms with van der Waals surface area (Å²) in [5.74, 6) is 0.638. The number of rotatable bonds is 7. The minimum absolute atomic E-state index is 0.00644. The Kier molecular flexibility index (Phi) is 5.87. The van der Waals surface area contributed by atoms with E-state index < -0.39 is 0 Å². The maximum Gasteiger partial charge on any atom is 0.231 e. The van der Waals surface area contributed by atoms with Crippen molar-refractivity contribution in [3.05, 3.63) is 59.0 Å². The number of aromatic nitrogens is 3. The highest BCUT2D eigenvalue weighted by Gasteiger charge is 2.14. The smallest absolute Gasteiger partial charge is 0.231 e. The summed E-state index contributed by atoms with van der Waals surface area (Å²) in [6.07, 6.45) is 1.54. The van der Waals surface area contributed by atoms with Crippen LogP contribution in [0.1, 0.15) is 36.4 Å². The standard InChI is InChI=1S/C20H22N6O3/c1-11(2)28-14-4-5-16(21)15(9-14)20(22)13-6-7-23-18(8-13)24-19(27)10-17-12(3)25-29-26-17/h4-9,11,22H,10,21H2,1-3H3,(H,23,24,27). The number of nitrogens with one attached hydrogen (secondary N) is 2. The van der Waals surface area contributed by atoms with Gasteiger partial charge in [0.2, 0.25) is 5.91 Å². The van der Waals surface area contributed by atoms with Crippen molar-refractivity contribution in [2.75, 3.05) is 11.1 Å². The van der Waals surface area contributed by atoms with Gasteiger partial charge in [0.25, 0.3) is 0 Å². The van der Waals surface area contributed by atoms with Gasteiger partial charge in [-0.25, -0.2) is 9.61 Å². The van der Waals surface area contributed by atoms with Crippen molar-refractivity contribution >= 4 is 23.1 Å². The molecule has 0 fully saturated rings. The molecule has 0 radical (unpaired) electrons. The van der Waals surface area contributed by atoms with Gasteiger partial charge < -0.3 is 15.8 Å². The molecule has 3 aromatic rings. The highest BCUT2D eigenvalue weighted by Crippen LogP contribution is 2.24. The number of benzene rings is 1. The number of aryl methyl sites for hydroxylation is 1. The summed E-state index contributed by atoms with van der Waals surface area (Å²) >= 11 is 0. The summed E-state index contributed by atoms with van der Waals surface area (Å²) in [7, 11) is 0. The molecule has 4 N–H and O–H groups in total. The summed E-state index contributed by atoms with van der Waals surface area (Å²) in [4.78, 5) is 16.4. The molecule has 2 aromatic heterocycles. The molecule has 1 aromatic carbocycles. The molecule has 0 saturated carbocycles. The predicted molar refractivity (Wildman–Crippen MR) is 108 cm³/mol. The summed E-state index contributed by atoms with van der Waals surface area (Å²) in [5.41, 5.74) is 8.84. The fourth-order valence-corrected chi connectivity index (χ4v) is 2.66. The Balaban J connectivity index is 1.77. The Labute approximate surface area is 167 Å². The third kappa shape index (κ3) is 4.95. The normalized spacial score (nSPS) is 10.8. The van der Waals surface area contributed by atoms with Crippen LogP contribution in [0.5, 0.6) is 5.75 Å². The molecule has 0 aliphatic rings. The Morgan fingerprint density at radius 1 is 1.28 bits per heavy atom. The van der Waals surface area contributed by atoms with Crippen LogP contribution in [-0.2, 0) is 11.2 Å². The first kappa shape index (κ1) is 20.0. The molecule has 1 amide bonds. The van der Waals surface area contributed by atoms with Crippen LogP contribution in [0.15, 0.2) is 41.2 Å². The minimum Gasteiger partial charge on any atom is -0.491 e. The number of hydrogen-bond donors (Lipinski definition) is 3. The van der Waals surface area contributed by atoms with Crippen LogP contribution in [0.3, 0.4) is 0 Å². The van der Waals surface area contributed by atoms with Gasteiger partial charge in [-0.15, -0.1) is 0 Å². The van der Waals surface area contributed by atoms with E-state index >= 15 is 0 Å². The van der Waals surface area contributed by atoms with Crippen LogP contribution in [0, 0.1) is 12.3 Å². The maximum absolute atomic E-state index is 12.2. The van der Waals surface area contributed by atoms with E-state index in [1.54, 1.807) is 37.3 Å². The summed E-state index contributed by atoms with van der Waals surface area (Å²) < 4.78 is 10.3. The summed E-state index contributed by atoms with van der Waals surface area (Å²) in [6.45, 7) is 5.56. The van der Waals surface area contributed by atoms with Gasteiger partial charge in [-0.2, -0.15) is 0 Å². The van der Waals surface area contributed by atoms with Crippen molar-refractivity contribution in [1.29, 1.82) is 5.41 Å². The molecule has 150 valence electrons. The zero-order valence-electron chi connectivity index (χ0n) is 16.4. The first-order valence-corrected chi connectivity index (χ1v) is 9.03. The number of carbonyl (C=O) groups is 1. The second kappa shape index (κ2) is 8.51. The molecule has 2 heterocycles. The zero-order chi connectivity index (χ0) is 21.0. The van der Waals surface area contributed by atoms with Crippen molar-refractivity contribution in [1.82, 2.24) is 15.3 Å². The SMILES string of the molecule is Cc1nonc1CC(=O)Nc1cc(C(=N)c2cc(OC(C)C)ccc2N)ccn1. The van der Waals surface area contributed by atoms with Crippen molar-refractivity contribution in [2.45, 2.75) is 33.3 Å². The van der Waals surface area contributed by atoms with Crippen molar-refractivity contribution in [3.63, 3.8) is 0 Å². The van der Waals surface area contributed by atoms with Crippen LogP contribution in [0.2, 0.25) is 0 Å². The van der Waals surface area contributed by atoms with Gasteiger partial charge in [0.15, 0.2) is 0 Å². The molecule has 0 unspecified atom stereocenters. The number of ether oxygens (including phenoxy) is 1. The summed E-state index contributed by atoms with van der Waals surface area (Å²) in [5, 5.41) is 18.6. The van der Waals surface area contributed by atoms with Crippen molar-refractivity contribution in [2.24, 2.45) is 0 Å². The first-order valence-electron chi connectivity index (χ1n) is 9.03. The van der Waals surface area contributed by atoms with Gasteiger partial charge in [0, 0.05) is 23.0 Å². The average molecular weight is 394 g/mol. The molecular weight excluding hydrogens is 372 g/mol. The highest BCUT2D eigenvalue weighted by molar-refractivity contribution is 6.14. The summed E-state index contributed by atoms with van der Waals surface area (Å²) in [6, 6.07) is 8.50. The number of carbonyl (C=O) groups excluding carboxylic acids is 1. The Morgan fingerprint density at radius 2 is 2.07 bits per heavy atom. The van der Waals surface area contributed by atoms with Gasteiger partial charge in [0.05, 0.1) is 18.2 Å². The number of nitrogen functional groups attached to an aromatic ring is 1. The first-order chi connectivity index (χ1) is 13.8. The van der Waals surface area contributed by atoms with E-state index in [1.165, 1.54) is 6.20 Å². The number of nitrogens with two attached hydrogens (primary N) is 1. The van der Waals surface area contributed by atoms with Crippen LogP contribution in [0.4, 0.5) is 11.5 Å². The van der Waals surface area contributed by atoms with Gasteiger partial charge >= 0.3 is 0 Å². The molecule has 0 spiro atoms. The van der Waals surface area contributed by atoms with Crippen molar-refractivity contribution < 1.29 is 14.2 Å². The number of anilines is 2. The maximum atomic E-state index is 12.2. The van der Waals surface area contributed by atoms with E-state index in [-0.39, 0.29) is 24.1 Å². The number of pyridine rings is 1. The molecule has 0 aliphatic carbocycles. The number of hydrogen-bond acceptors (Lipinski definition) is 8. The lowest BCUT2D eigenvalue weighted by atomic mass is 10.0. The fourth-order valence-electron chi connectivity index (χ4n) is 2.66. The lowest BCUT2D eigenvalue weighted by molar-refractivity contribution is -0.115. The van der Waals surface area contributed by atoms with Gasteiger partial charge in [-0.05, 0) is 51.1 Å². The van der Waals surface area contributed by atoms with Gasteiger partial charge in [-0.1, -0.05) is 10.3 Å². The molecular formula is C20H22N6O3. The topological polar surface area (TPSA) is 140 Å². The molecule has 3 rings (SSSR count). The van der Waals surface area contributed by atoms with Crippen LogP contribution in [-0.4, -0.2) is 33.0 Å². The predicted octanol–water partition coefficient (Wildman–Crippen LogP) is 2.74. The Morgan fingerprint density at radius 3 is 2.76 bits per heavy atom. The van der Waals surface area contributed by atoms with Crippen LogP contribution < -0.4 is 15.8 Å². The molecule has 0 bridgehead atoms. The molecule has 29 heavy (non-hydrogen) atoms. The van der Waals surface area contributed by atoms with E-state index in [0.29, 0.717) is 39.8 Å². The molecule has 9 heteroatoms. The minimum atomic E-state index is -0.313. The van der Waals surface area contributed by atoms with E-state index in [1.807, 2.05) is 13.8 Å². The van der Waals surface area contributed by atoms with Gasteiger partial charge in [-0.3, -0.25) is 10.2 Å². The molecule has 0 aliphatic heterocycles. The highest BCUT2D eigenvalue weighted by atomic mass is 16.6. The van der Waals surface area contributed by atoms with Crippen molar-refractivity contribution in [3.8, 4) is 5.75 Å². The van der Waals surface area contributed by atoms with E-state index in [4.69, 9.17) is 15.9 Å². The average Bonchev–Trinajstić information content (AvgIpc) is 3.07. The van der Waals surface area contributed by atoms with Crippen LogP contribution in [0.25, 0.3) is 0 Å². The third-order valence-electron chi connectivity index (χ3n) is 4.06. The fraction of sp³-hybridized carbons (Fsp3) is 0.250. The van der Waals surface area contributed by atoms with E-state index in [2.05, 4.69) is 25.2 Å². The zero-order valence-corrected chi connectivity index (χ0v) is 16.4. The Bertz CT molecular complexity index is 1040. The van der Waals surface area contributed by atoms with E-state index in [0.717, 1.165) is 0 Å². The van der Waals surface area contributed by atoms with Gasteiger partial charge in [0.1, 0.15) is 23.0 Å². The monoisotopic (exact) mass is 394 g/mol. The largest absolute Gasteiger partial charge is 0.491 e. The lowest BCUT2D eigenvalue weighted by Gasteiger charge is -2.14. The van der Waals surface area contributed by atoms with E-state index in [9.17, 15) is 4.79 Å². The quantitative estimate of drug-likeness (QED) is 0.413. The lowest BCUT2D eigenvalue weighted by Crippen LogP contribution is -2.16. The van der Waals surface area contributed by atoms with Crippen LogP contribution >= 0.6 is 0 Å². The Hall–Kier alpha value is -3.75. The second-order valence-electron chi connectivity index (χ2n) is 6.74. The third-order valence-corrected chi connectivity index (χ3v) is 4.06. The second-order valence-corrected chi connectivity index (χ2v) is 6.74. The molecule has 0 atom stereocenters.